The zero-order valence-electron chi connectivity index (χ0n) is 10.3. The highest BCUT2D eigenvalue weighted by atomic mass is 16.1. The first kappa shape index (κ1) is 11.4. The highest BCUT2D eigenvalue weighted by Crippen LogP contribution is 2.15. The van der Waals surface area contributed by atoms with Crippen molar-refractivity contribution in [2.45, 2.75) is 19.4 Å². The smallest absolute Gasteiger partial charge is 0.269 e. The lowest BCUT2D eigenvalue weighted by Crippen LogP contribution is -2.34. The average Bonchev–Trinajstić information content (AvgIpc) is 2.43. The van der Waals surface area contributed by atoms with Crippen LogP contribution in [-0.4, -0.2) is 22.6 Å². The summed E-state index contributed by atoms with van der Waals surface area (Å²) in [6, 6.07) is 7.83. The van der Waals surface area contributed by atoms with Gasteiger partial charge in [-0.3, -0.25) is 4.79 Å². The lowest BCUT2D eigenvalue weighted by Gasteiger charge is -2.23. The molecule has 1 saturated heterocycles. The quantitative estimate of drug-likeness (QED) is 0.867. The molecule has 2 heterocycles. The Labute approximate surface area is 106 Å². The highest BCUT2D eigenvalue weighted by Gasteiger charge is 2.15. The standard InChI is InChI=1S/C14H17N3O/c18-14-9-16-12-5-1-2-6-13(12)17(14)10-11-4-3-7-15-8-11/h1-2,5-6,9,11,15H,3-4,7-8,10H2. The molecule has 1 aromatic carbocycles. The molecule has 1 aliphatic rings. The number of benzene rings is 1. The number of nitrogens with one attached hydrogen (secondary N) is 1. The lowest BCUT2D eigenvalue weighted by molar-refractivity contribution is 0.337. The van der Waals surface area contributed by atoms with Crippen LogP contribution in [0.2, 0.25) is 0 Å². The minimum Gasteiger partial charge on any atom is -0.316 e. The summed E-state index contributed by atoms with van der Waals surface area (Å²) in [4.78, 5) is 16.2. The maximum Gasteiger partial charge on any atom is 0.269 e. The van der Waals surface area contributed by atoms with E-state index in [4.69, 9.17) is 0 Å². The van der Waals surface area contributed by atoms with E-state index in [1.807, 2.05) is 28.8 Å². The molecule has 2 aromatic rings. The normalized spacial score (nSPS) is 20.1. The summed E-state index contributed by atoms with van der Waals surface area (Å²) in [5.74, 6) is 0.544. The number of fused-ring (bicyclic) bond motifs is 1. The zero-order valence-corrected chi connectivity index (χ0v) is 10.3. The van der Waals surface area contributed by atoms with Crippen molar-refractivity contribution in [1.82, 2.24) is 14.9 Å². The van der Waals surface area contributed by atoms with E-state index in [9.17, 15) is 4.79 Å². The van der Waals surface area contributed by atoms with E-state index in [0.29, 0.717) is 5.92 Å². The third kappa shape index (κ3) is 2.16. The molecule has 18 heavy (non-hydrogen) atoms. The maximum absolute atomic E-state index is 12.0. The molecular formula is C14H17N3O. The van der Waals surface area contributed by atoms with E-state index >= 15 is 0 Å². The third-order valence-corrected chi connectivity index (χ3v) is 3.59. The number of nitrogens with zero attached hydrogens (tertiary/aromatic N) is 2. The molecule has 1 atom stereocenters. The van der Waals surface area contributed by atoms with Crippen LogP contribution >= 0.6 is 0 Å². The van der Waals surface area contributed by atoms with E-state index in [1.54, 1.807) is 0 Å². The Balaban J connectivity index is 1.99. The Bertz CT molecular complexity index is 599. The molecule has 94 valence electrons. The zero-order chi connectivity index (χ0) is 12.4. The van der Waals surface area contributed by atoms with Crippen molar-refractivity contribution >= 4 is 11.0 Å². The molecule has 0 amide bonds. The predicted octanol–water partition coefficient (Wildman–Crippen LogP) is 1.40. The molecule has 1 fully saturated rings. The molecular weight excluding hydrogens is 226 g/mol. The Morgan fingerprint density at radius 1 is 1.39 bits per heavy atom. The van der Waals surface area contributed by atoms with Crippen LogP contribution in [0.3, 0.4) is 0 Å². The van der Waals surface area contributed by atoms with Crippen molar-refractivity contribution in [3.8, 4) is 0 Å². The number of hydrogen-bond acceptors (Lipinski definition) is 3. The van der Waals surface area contributed by atoms with Gasteiger partial charge in [-0.1, -0.05) is 12.1 Å². The number of rotatable bonds is 2. The Kier molecular flexibility index (Phi) is 3.11. The Hall–Kier alpha value is -1.68. The van der Waals surface area contributed by atoms with Gasteiger partial charge < -0.3 is 9.88 Å². The van der Waals surface area contributed by atoms with Crippen molar-refractivity contribution in [3.05, 3.63) is 40.8 Å². The van der Waals surface area contributed by atoms with Gasteiger partial charge in [-0.05, 0) is 44.0 Å². The summed E-state index contributed by atoms with van der Waals surface area (Å²) in [5, 5.41) is 3.39. The second kappa shape index (κ2) is 4.90. The van der Waals surface area contributed by atoms with Crippen molar-refractivity contribution in [1.29, 1.82) is 0 Å². The van der Waals surface area contributed by atoms with Crippen molar-refractivity contribution in [3.63, 3.8) is 0 Å². The number of aromatic nitrogens is 2. The maximum atomic E-state index is 12.0. The van der Waals surface area contributed by atoms with Gasteiger partial charge in [0.25, 0.3) is 5.56 Å². The van der Waals surface area contributed by atoms with E-state index in [1.165, 1.54) is 19.0 Å². The van der Waals surface area contributed by atoms with Crippen LogP contribution in [0, 0.1) is 5.92 Å². The molecule has 4 heteroatoms. The number of para-hydroxylation sites is 2. The van der Waals surface area contributed by atoms with Crippen LogP contribution in [-0.2, 0) is 6.54 Å². The van der Waals surface area contributed by atoms with Crippen molar-refractivity contribution in [2.24, 2.45) is 5.92 Å². The number of hydrogen-bond donors (Lipinski definition) is 1. The number of piperidine rings is 1. The van der Waals surface area contributed by atoms with Crippen molar-refractivity contribution in [2.75, 3.05) is 13.1 Å². The van der Waals surface area contributed by atoms with Crippen LogP contribution in [0.1, 0.15) is 12.8 Å². The molecule has 0 radical (unpaired) electrons. The van der Waals surface area contributed by atoms with Gasteiger partial charge >= 0.3 is 0 Å². The van der Waals surface area contributed by atoms with Crippen LogP contribution in [0.5, 0.6) is 0 Å². The van der Waals surface area contributed by atoms with Crippen LogP contribution in [0.15, 0.2) is 35.3 Å². The lowest BCUT2D eigenvalue weighted by atomic mass is 9.99. The van der Waals surface area contributed by atoms with Gasteiger partial charge in [-0.25, -0.2) is 4.98 Å². The second-order valence-corrected chi connectivity index (χ2v) is 4.91. The molecule has 0 aliphatic carbocycles. The Morgan fingerprint density at radius 2 is 2.28 bits per heavy atom. The summed E-state index contributed by atoms with van der Waals surface area (Å²) in [6.45, 7) is 2.89. The highest BCUT2D eigenvalue weighted by molar-refractivity contribution is 5.74. The average molecular weight is 243 g/mol. The van der Waals surface area contributed by atoms with Gasteiger partial charge in [0.15, 0.2) is 0 Å². The summed E-state index contributed by atoms with van der Waals surface area (Å²) in [7, 11) is 0. The van der Waals surface area contributed by atoms with E-state index in [0.717, 1.165) is 30.7 Å². The van der Waals surface area contributed by atoms with Crippen LogP contribution in [0.25, 0.3) is 11.0 Å². The summed E-state index contributed by atoms with van der Waals surface area (Å²) in [5.41, 5.74) is 1.83. The molecule has 3 rings (SSSR count). The first-order valence-corrected chi connectivity index (χ1v) is 6.50. The van der Waals surface area contributed by atoms with Crippen molar-refractivity contribution < 1.29 is 0 Å². The largest absolute Gasteiger partial charge is 0.316 e. The van der Waals surface area contributed by atoms with Gasteiger partial charge in [-0.2, -0.15) is 0 Å². The van der Waals surface area contributed by atoms with Crippen LogP contribution in [0.4, 0.5) is 0 Å². The van der Waals surface area contributed by atoms with Crippen LogP contribution < -0.4 is 10.9 Å². The molecule has 1 aliphatic heterocycles. The van der Waals surface area contributed by atoms with Gasteiger partial charge in [0.1, 0.15) is 0 Å². The van der Waals surface area contributed by atoms with Gasteiger partial charge in [0.2, 0.25) is 0 Å². The second-order valence-electron chi connectivity index (χ2n) is 4.91. The summed E-state index contributed by atoms with van der Waals surface area (Å²) < 4.78 is 1.86. The third-order valence-electron chi connectivity index (χ3n) is 3.59. The minimum atomic E-state index is -0.000673. The van der Waals surface area contributed by atoms with Gasteiger partial charge in [0, 0.05) is 6.54 Å². The molecule has 1 N–H and O–H groups in total. The molecule has 0 spiro atoms. The predicted molar refractivity (Wildman–Crippen MR) is 71.6 cm³/mol. The fourth-order valence-corrected chi connectivity index (χ4v) is 2.64. The fraction of sp³-hybridized carbons (Fsp3) is 0.429. The first-order chi connectivity index (χ1) is 8.84. The van der Waals surface area contributed by atoms with E-state index in [2.05, 4.69) is 10.3 Å². The molecule has 0 saturated carbocycles. The fourth-order valence-electron chi connectivity index (χ4n) is 2.64. The van der Waals surface area contributed by atoms with Gasteiger partial charge in [-0.15, -0.1) is 0 Å². The summed E-state index contributed by atoms with van der Waals surface area (Å²) >= 11 is 0. The topological polar surface area (TPSA) is 46.9 Å². The Morgan fingerprint density at radius 3 is 3.11 bits per heavy atom. The molecule has 1 unspecified atom stereocenters. The van der Waals surface area contributed by atoms with Gasteiger partial charge in [0.05, 0.1) is 17.2 Å². The van der Waals surface area contributed by atoms with E-state index < -0.39 is 0 Å². The summed E-state index contributed by atoms with van der Waals surface area (Å²) in [6.07, 6.45) is 3.82. The van der Waals surface area contributed by atoms with E-state index in [-0.39, 0.29) is 5.56 Å². The molecule has 0 bridgehead atoms. The SMILES string of the molecule is O=c1cnc2ccccc2n1CC1CCCNC1. The monoisotopic (exact) mass is 243 g/mol. The minimum absolute atomic E-state index is 0.000673. The molecule has 4 nitrogen and oxygen atoms in total. The first-order valence-electron chi connectivity index (χ1n) is 6.50. The molecule has 1 aromatic heterocycles.